The van der Waals surface area contributed by atoms with E-state index in [0.717, 1.165) is 25.7 Å². The van der Waals surface area contributed by atoms with Crippen LogP contribution in [0, 0.1) is 0 Å². The summed E-state index contributed by atoms with van der Waals surface area (Å²) in [5.41, 5.74) is 2.72. The number of nitrogens with two attached hydrogens (primary N) is 1. The Morgan fingerprint density at radius 1 is 1.22 bits per heavy atom. The molecule has 1 aromatic rings. The molecule has 0 aliphatic carbocycles. The molecular formula is C11H18N4O2S. The third-order valence-electron chi connectivity index (χ3n) is 3.08. The fourth-order valence-electron chi connectivity index (χ4n) is 2.11. The van der Waals surface area contributed by atoms with Gasteiger partial charge in [0.25, 0.3) is 10.0 Å². The van der Waals surface area contributed by atoms with E-state index in [9.17, 15) is 8.42 Å². The van der Waals surface area contributed by atoms with Crippen LogP contribution in [0.2, 0.25) is 0 Å². The maximum absolute atomic E-state index is 12.5. The predicted octanol–water partition coefficient (Wildman–Crippen LogP) is 0.932. The van der Waals surface area contributed by atoms with Crippen molar-refractivity contribution in [2.45, 2.75) is 30.7 Å². The smallest absolute Gasteiger partial charge is 0.262 e. The largest absolute Gasteiger partial charge is 0.321 e. The molecule has 18 heavy (non-hydrogen) atoms. The molecule has 7 heteroatoms. The van der Waals surface area contributed by atoms with Gasteiger partial charge >= 0.3 is 0 Å². The van der Waals surface area contributed by atoms with Gasteiger partial charge in [-0.1, -0.05) is 12.8 Å². The Kier molecular flexibility index (Phi) is 4.15. The third kappa shape index (κ3) is 2.63. The minimum absolute atomic E-state index is 0.00870. The summed E-state index contributed by atoms with van der Waals surface area (Å²) in [7, 11) is -3.55. The van der Waals surface area contributed by atoms with Gasteiger partial charge in [0.05, 0.1) is 5.69 Å². The van der Waals surface area contributed by atoms with Crippen LogP contribution in [0.15, 0.2) is 23.4 Å². The average Bonchev–Trinajstić information content (AvgIpc) is 2.68. The van der Waals surface area contributed by atoms with E-state index < -0.39 is 10.0 Å². The third-order valence-corrected chi connectivity index (χ3v) is 4.93. The van der Waals surface area contributed by atoms with Gasteiger partial charge in [-0.25, -0.2) is 13.4 Å². The molecule has 1 aliphatic rings. The Balaban J connectivity index is 2.34. The van der Waals surface area contributed by atoms with Crippen molar-refractivity contribution in [1.82, 2.24) is 9.29 Å². The lowest BCUT2D eigenvalue weighted by Crippen LogP contribution is -2.33. The van der Waals surface area contributed by atoms with Crippen molar-refractivity contribution in [3.8, 4) is 0 Å². The average molecular weight is 270 g/mol. The number of aromatic nitrogens is 1. The van der Waals surface area contributed by atoms with Crippen LogP contribution in [0.5, 0.6) is 0 Å². The molecule has 0 bridgehead atoms. The van der Waals surface area contributed by atoms with E-state index in [1.807, 2.05) is 0 Å². The summed E-state index contributed by atoms with van der Waals surface area (Å²) >= 11 is 0. The first-order valence-corrected chi connectivity index (χ1v) is 7.52. The molecule has 0 atom stereocenters. The molecule has 1 aliphatic heterocycles. The summed E-state index contributed by atoms with van der Waals surface area (Å²) in [6, 6.07) is 3.26. The first-order valence-electron chi connectivity index (χ1n) is 6.08. The van der Waals surface area contributed by atoms with Gasteiger partial charge in [0.15, 0.2) is 5.03 Å². The van der Waals surface area contributed by atoms with Crippen molar-refractivity contribution < 1.29 is 8.42 Å². The van der Waals surface area contributed by atoms with Gasteiger partial charge in [0.1, 0.15) is 0 Å². The van der Waals surface area contributed by atoms with Crippen molar-refractivity contribution in [2.24, 2.45) is 5.84 Å². The van der Waals surface area contributed by atoms with E-state index >= 15 is 0 Å². The molecule has 0 unspecified atom stereocenters. The second-order valence-electron chi connectivity index (χ2n) is 4.32. The maximum Gasteiger partial charge on any atom is 0.262 e. The van der Waals surface area contributed by atoms with Crippen molar-refractivity contribution in [3.63, 3.8) is 0 Å². The zero-order valence-corrected chi connectivity index (χ0v) is 11.0. The summed E-state index contributed by atoms with van der Waals surface area (Å²) in [5.74, 6) is 5.33. The first-order chi connectivity index (χ1) is 8.66. The Hall–Kier alpha value is -1.18. The van der Waals surface area contributed by atoms with E-state index in [1.54, 1.807) is 12.1 Å². The number of nitrogens with zero attached hydrogens (tertiary/aromatic N) is 2. The number of nitrogens with one attached hydrogen (secondary N) is 1. The highest BCUT2D eigenvalue weighted by Crippen LogP contribution is 2.23. The molecule has 100 valence electrons. The van der Waals surface area contributed by atoms with E-state index in [4.69, 9.17) is 5.84 Å². The number of hydrogen-bond donors (Lipinski definition) is 2. The second-order valence-corrected chi connectivity index (χ2v) is 6.17. The standard InChI is InChI=1S/C11H18N4O2S/c12-14-10-6-5-7-13-11(10)18(16,17)15-8-3-1-2-4-9-15/h5-7,14H,1-4,8-9,12H2. The fourth-order valence-corrected chi connectivity index (χ4v) is 3.69. The minimum Gasteiger partial charge on any atom is -0.321 e. The highest BCUT2D eigenvalue weighted by Gasteiger charge is 2.28. The molecule has 0 aromatic carbocycles. The van der Waals surface area contributed by atoms with Crippen LogP contribution in [0.4, 0.5) is 5.69 Å². The number of hydrogen-bond acceptors (Lipinski definition) is 5. The number of sulfonamides is 1. The zero-order valence-electron chi connectivity index (χ0n) is 10.2. The van der Waals surface area contributed by atoms with E-state index in [-0.39, 0.29) is 5.03 Å². The number of pyridine rings is 1. The van der Waals surface area contributed by atoms with Crippen LogP contribution >= 0.6 is 0 Å². The van der Waals surface area contributed by atoms with Crippen LogP contribution in [-0.4, -0.2) is 30.8 Å². The first kappa shape index (κ1) is 13.3. The second kappa shape index (κ2) is 5.64. The molecule has 1 fully saturated rings. The minimum atomic E-state index is -3.55. The van der Waals surface area contributed by atoms with Crippen LogP contribution < -0.4 is 11.3 Å². The Labute approximate surface area is 107 Å². The number of anilines is 1. The lowest BCUT2D eigenvalue weighted by Gasteiger charge is -2.20. The topological polar surface area (TPSA) is 88.3 Å². The van der Waals surface area contributed by atoms with Gasteiger partial charge in [-0.2, -0.15) is 4.31 Å². The maximum atomic E-state index is 12.5. The Morgan fingerprint density at radius 3 is 2.50 bits per heavy atom. The van der Waals surface area contributed by atoms with Crippen LogP contribution in [-0.2, 0) is 10.0 Å². The molecule has 1 saturated heterocycles. The predicted molar refractivity (Wildman–Crippen MR) is 69.3 cm³/mol. The summed E-state index contributed by atoms with van der Waals surface area (Å²) in [6.07, 6.45) is 5.42. The highest BCUT2D eigenvalue weighted by molar-refractivity contribution is 7.89. The monoisotopic (exact) mass is 270 g/mol. The molecule has 0 amide bonds. The van der Waals surface area contributed by atoms with Gasteiger partial charge in [-0.15, -0.1) is 0 Å². The van der Waals surface area contributed by atoms with E-state index in [0.29, 0.717) is 18.8 Å². The van der Waals surface area contributed by atoms with Crippen molar-refractivity contribution in [2.75, 3.05) is 18.5 Å². The lowest BCUT2D eigenvalue weighted by molar-refractivity contribution is 0.422. The summed E-state index contributed by atoms with van der Waals surface area (Å²) in [5, 5.41) is 0.00870. The Morgan fingerprint density at radius 2 is 1.89 bits per heavy atom. The van der Waals surface area contributed by atoms with E-state index in [2.05, 4.69) is 10.4 Å². The van der Waals surface area contributed by atoms with Crippen molar-refractivity contribution in [3.05, 3.63) is 18.3 Å². The number of hydrazine groups is 1. The van der Waals surface area contributed by atoms with Gasteiger partial charge in [-0.05, 0) is 25.0 Å². The molecular weight excluding hydrogens is 252 g/mol. The summed E-state index contributed by atoms with van der Waals surface area (Å²) in [6.45, 7) is 1.12. The molecule has 1 aromatic heterocycles. The van der Waals surface area contributed by atoms with Gasteiger partial charge in [0, 0.05) is 19.3 Å². The van der Waals surface area contributed by atoms with Crippen LogP contribution in [0.3, 0.4) is 0 Å². The van der Waals surface area contributed by atoms with Crippen LogP contribution in [0.1, 0.15) is 25.7 Å². The normalized spacial score (nSPS) is 18.3. The molecule has 0 spiro atoms. The van der Waals surface area contributed by atoms with E-state index in [1.165, 1.54) is 10.5 Å². The molecule has 2 rings (SSSR count). The van der Waals surface area contributed by atoms with Crippen molar-refractivity contribution in [1.29, 1.82) is 0 Å². The van der Waals surface area contributed by atoms with Crippen LogP contribution in [0.25, 0.3) is 0 Å². The molecule has 6 nitrogen and oxygen atoms in total. The zero-order chi connectivity index (χ0) is 13.0. The lowest BCUT2D eigenvalue weighted by atomic mass is 10.2. The molecule has 0 saturated carbocycles. The van der Waals surface area contributed by atoms with Gasteiger partial charge in [-0.3, -0.25) is 5.84 Å². The highest BCUT2D eigenvalue weighted by atomic mass is 32.2. The molecule has 0 radical (unpaired) electrons. The SMILES string of the molecule is NNc1cccnc1S(=O)(=O)N1CCCCCC1. The molecule has 3 N–H and O–H groups in total. The Bertz CT molecular complexity index is 496. The number of nitrogen functional groups attached to an aromatic ring is 1. The van der Waals surface area contributed by atoms with Gasteiger partial charge < -0.3 is 5.43 Å². The van der Waals surface area contributed by atoms with Crippen molar-refractivity contribution >= 4 is 15.7 Å². The summed E-state index contributed by atoms with van der Waals surface area (Å²) < 4.78 is 26.5. The quantitative estimate of drug-likeness (QED) is 0.630. The fraction of sp³-hybridized carbons (Fsp3) is 0.545. The number of rotatable bonds is 3. The molecule has 2 heterocycles. The summed E-state index contributed by atoms with van der Waals surface area (Å²) in [4.78, 5) is 3.95. The van der Waals surface area contributed by atoms with Gasteiger partial charge in [0.2, 0.25) is 0 Å².